The molecular weight excluding hydrogens is 326 g/mol. The molecule has 0 aromatic heterocycles. The molecule has 0 bridgehead atoms. The molecule has 0 radical (unpaired) electrons. The third-order valence-corrected chi connectivity index (χ3v) is 3.80. The SMILES string of the molecule is COC(=O)c1cc(Cl)c(I)c(Cl)c1. The van der Waals surface area contributed by atoms with Crippen LogP contribution in [0, 0.1) is 3.57 Å². The van der Waals surface area contributed by atoms with Gasteiger partial charge in [-0.15, -0.1) is 0 Å². The molecule has 0 amide bonds. The van der Waals surface area contributed by atoms with Crippen LogP contribution in [0.3, 0.4) is 0 Å². The van der Waals surface area contributed by atoms with Crippen molar-refractivity contribution >= 4 is 51.8 Å². The minimum absolute atomic E-state index is 0.359. The number of esters is 1. The Balaban J connectivity index is 3.20. The van der Waals surface area contributed by atoms with Gasteiger partial charge in [0, 0.05) is 0 Å². The molecule has 0 spiro atoms. The van der Waals surface area contributed by atoms with E-state index in [1.807, 2.05) is 22.6 Å². The summed E-state index contributed by atoms with van der Waals surface area (Å²) in [6, 6.07) is 3.06. The summed E-state index contributed by atoms with van der Waals surface area (Å²) in [4.78, 5) is 11.1. The first-order valence-corrected chi connectivity index (χ1v) is 5.12. The van der Waals surface area contributed by atoms with Crippen molar-refractivity contribution in [3.05, 3.63) is 31.3 Å². The van der Waals surface area contributed by atoms with E-state index in [1.54, 1.807) is 0 Å². The summed E-state index contributed by atoms with van der Waals surface area (Å²) in [5.74, 6) is -0.444. The van der Waals surface area contributed by atoms with E-state index in [-0.39, 0.29) is 0 Å². The minimum Gasteiger partial charge on any atom is -0.465 e. The van der Waals surface area contributed by atoms with E-state index >= 15 is 0 Å². The highest BCUT2D eigenvalue weighted by Gasteiger charge is 2.10. The summed E-state index contributed by atoms with van der Waals surface area (Å²) >= 11 is 13.6. The Bertz CT molecular complexity index is 329. The number of benzene rings is 1. The Morgan fingerprint density at radius 3 is 2.23 bits per heavy atom. The second-order valence-electron chi connectivity index (χ2n) is 2.25. The summed E-state index contributed by atoms with van der Waals surface area (Å²) in [6.07, 6.45) is 0. The molecule has 0 aliphatic rings. The predicted molar refractivity (Wildman–Crippen MR) is 60.5 cm³/mol. The maximum atomic E-state index is 11.1. The monoisotopic (exact) mass is 330 g/mol. The molecule has 1 aromatic carbocycles. The maximum Gasteiger partial charge on any atom is 0.337 e. The quantitative estimate of drug-likeness (QED) is 0.448. The first-order valence-electron chi connectivity index (χ1n) is 3.29. The zero-order valence-corrected chi connectivity index (χ0v) is 10.3. The van der Waals surface area contributed by atoms with Crippen LogP contribution in [-0.4, -0.2) is 13.1 Å². The molecule has 0 fully saturated rings. The third-order valence-electron chi connectivity index (χ3n) is 1.40. The van der Waals surface area contributed by atoms with Gasteiger partial charge in [-0.25, -0.2) is 4.79 Å². The third kappa shape index (κ3) is 2.48. The van der Waals surface area contributed by atoms with Crippen molar-refractivity contribution in [3.8, 4) is 0 Å². The Morgan fingerprint density at radius 2 is 1.85 bits per heavy atom. The highest BCUT2D eigenvalue weighted by molar-refractivity contribution is 14.1. The Kier molecular flexibility index (Phi) is 3.82. The Labute approximate surface area is 99.3 Å². The molecule has 1 rings (SSSR count). The van der Waals surface area contributed by atoms with Gasteiger partial charge in [-0.2, -0.15) is 0 Å². The molecule has 1 aromatic rings. The van der Waals surface area contributed by atoms with Gasteiger partial charge >= 0.3 is 5.97 Å². The lowest BCUT2D eigenvalue weighted by Gasteiger charge is -2.03. The number of hydrogen-bond acceptors (Lipinski definition) is 2. The molecular formula is C8H5Cl2IO2. The lowest BCUT2D eigenvalue weighted by molar-refractivity contribution is 0.0600. The van der Waals surface area contributed by atoms with Gasteiger partial charge in [-0.1, -0.05) is 23.2 Å². The zero-order valence-electron chi connectivity index (χ0n) is 6.61. The van der Waals surface area contributed by atoms with Crippen LogP contribution in [0.2, 0.25) is 10.0 Å². The zero-order chi connectivity index (χ0) is 10.0. The van der Waals surface area contributed by atoms with Crippen molar-refractivity contribution in [1.82, 2.24) is 0 Å². The Hall–Kier alpha value is -0.000000000000000167. The topological polar surface area (TPSA) is 26.3 Å². The second-order valence-corrected chi connectivity index (χ2v) is 4.14. The van der Waals surface area contributed by atoms with E-state index < -0.39 is 5.97 Å². The van der Waals surface area contributed by atoms with E-state index in [2.05, 4.69) is 4.74 Å². The van der Waals surface area contributed by atoms with Gasteiger partial charge in [0.25, 0.3) is 0 Å². The predicted octanol–water partition coefficient (Wildman–Crippen LogP) is 3.38. The fraction of sp³-hybridized carbons (Fsp3) is 0.125. The van der Waals surface area contributed by atoms with Crippen LogP contribution in [0.25, 0.3) is 0 Å². The number of rotatable bonds is 1. The molecule has 0 heterocycles. The summed E-state index contributed by atoms with van der Waals surface area (Å²) in [5.41, 5.74) is 0.359. The first kappa shape index (κ1) is 11.1. The summed E-state index contributed by atoms with van der Waals surface area (Å²) in [7, 11) is 1.31. The van der Waals surface area contributed by atoms with Crippen molar-refractivity contribution in [1.29, 1.82) is 0 Å². The summed E-state index contributed by atoms with van der Waals surface area (Å²) < 4.78 is 5.26. The fourth-order valence-electron chi connectivity index (χ4n) is 0.791. The van der Waals surface area contributed by atoms with Crippen molar-refractivity contribution in [2.45, 2.75) is 0 Å². The van der Waals surface area contributed by atoms with Crippen LogP contribution >= 0.6 is 45.8 Å². The summed E-state index contributed by atoms with van der Waals surface area (Å²) in [5, 5.41) is 0.905. The minimum atomic E-state index is -0.444. The van der Waals surface area contributed by atoms with Gasteiger partial charge in [-0.3, -0.25) is 0 Å². The van der Waals surface area contributed by atoms with Crippen molar-refractivity contribution < 1.29 is 9.53 Å². The molecule has 2 nitrogen and oxygen atoms in total. The molecule has 0 unspecified atom stereocenters. The molecule has 13 heavy (non-hydrogen) atoms. The van der Waals surface area contributed by atoms with Gasteiger partial charge in [0.2, 0.25) is 0 Å². The number of methoxy groups -OCH3 is 1. The van der Waals surface area contributed by atoms with Crippen molar-refractivity contribution in [2.75, 3.05) is 7.11 Å². The van der Waals surface area contributed by atoms with Gasteiger partial charge in [0.05, 0.1) is 26.3 Å². The lowest BCUT2D eigenvalue weighted by atomic mass is 10.2. The van der Waals surface area contributed by atoms with Crippen LogP contribution in [0.5, 0.6) is 0 Å². The van der Waals surface area contributed by atoms with Gasteiger partial charge in [-0.05, 0) is 34.7 Å². The number of ether oxygens (including phenoxy) is 1. The van der Waals surface area contributed by atoms with Crippen LogP contribution in [0.1, 0.15) is 10.4 Å². The van der Waals surface area contributed by atoms with Crippen molar-refractivity contribution in [3.63, 3.8) is 0 Å². The summed E-state index contributed by atoms with van der Waals surface area (Å²) in [6.45, 7) is 0. The highest BCUT2D eigenvalue weighted by Crippen LogP contribution is 2.28. The second kappa shape index (κ2) is 4.48. The molecule has 0 N–H and O–H groups in total. The van der Waals surface area contributed by atoms with Crippen LogP contribution in [-0.2, 0) is 4.74 Å². The van der Waals surface area contributed by atoms with E-state index in [9.17, 15) is 4.79 Å². The van der Waals surface area contributed by atoms with E-state index in [1.165, 1.54) is 19.2 Å². The van der Waals surface area contributed by atoms with Crippen molar-refractivity contribution in [2.24, 2.45) is 0 Å². The van der Waals surface area contributed by atoms with Crippen LogP contribution in [0.4, 0.5) is 0 Å². The van der Waals surface area contributed by atoms with Crippen LogP contribution in [0.15, 0.2) is 12.1 Å². The molecule has 0 aliphatic carbocycles. The van der Waals surface area contributed by atoms with Crippen LogP contribution < -0.4 is 0 Å². The molecule has 0 atom stereocenters. The standard InChI is InChI=1S/C8H5Cl2IO2/c1-13-8(12)4-2-5(9)7(11)6(10)3-4/h2-3H,1H3. The number of halogens is 3. The highest BCUT2D eigenvalue weighted by atomic mass is 127. The van der Waals surface area contributed by atoms with E-state index in [0.29, 0.717) is 15.6 Å². The normalized spacial score (nSPS) is 9.85. The smallest absolute Gasteiger partial charge is 0.337 e. The lowest BCUT2D eigenvalue weighted by Crippen LogP contribution is -2.01. The van der Waals surface area contributed by atoms with E-state index in [0.717, 1.165) is 3.57 Å². The molecule has 0 saturated heterocycles. The Morgan fingerprint density at radius 1 is 1.38 bits per heavy atom. The van der Waals surface area contributed by atoms with Gasteiger partial charge < -0.3 is 4.74 Å². The van der Waals surface area contributed by atoms with Gasteiger partial charge in [0.1, 0.15) is 0 Å². The average Bonchev–Trinajstić information content (AvgIpc) is 2.12. The molecule has 70 valence electrons. The molecule has 0 aliphatic heterocycles. The first-order chi connectivity index (χ1) is 6.06. The number of carbonyl (C=O) groups excluding carboxylic acids is 1. The number of hydrogen-bond donors (Lipinski definition) is 0. The average molecular weight is 331 g/mol. The number of carbonyl (C=O) groups is 1. The maximum absolute atomic E-state index is 11.1. The molecule has 0 saturated carbocycles. The van der Waals surface area contributed by atoms with E-state index in [4.69, 9.17) is 23.2 Å². The largest absolute Gasteiger partial charge is 0.465 e. The molecule has 5 heteroatoms. The van der Waals surface area contributed by atoms with Gasteiger partial charge in [0.15, 0.2) is 0 Å². The fourth-order valence-corrected chi connectivity index (χ4v) is 1.59.